The van der Waals surface area contributed by atoms with Crippen LogP contribution in [0.1, 0.15) is 45.8 Å². The summed E-state index contributed by atoms with van der Waals surface area (Å²) >= 11 is 6.39. The maximum absolute atomic E-state index is 15.4. The van der Waals surface area contributed by atoms with Crippen molar-refractivity contribution in [3.05, 3.63) is 149 Å². The first-order valence-corrected chi connectivity index (χ1v) is 17.5. The smallest absolute Gasteiger partial charge is 0.335 e. The van der Waals surface area contributed by atoms with Gasteiger partial charge in [0.15, 0.2) is 0 Å². The number of nitrogens with zero attached hydrogens (tertiary/aromatic N) is 2. The highest BCUT2D eigenvalue weighted by molar-refractivity contribution is 6.32. The van der Waals surface area contributed by atoms with Gasteiger partial charge < -0.3 is 10.2 Å². The molecule has 260 valence electrons. The van der Waals surface area contributed by atoms with Crippen molar-refractivity contribution in [3.63, 3.8) is 0 Å². The second-order valence-corrected chi connectivity index (χ2v) is 14.2. The molecule has 2 N–H and O–H groups in total. The Morgan fingerprint density at radius 3 is 2.27 bits per heavy atom. The summed E-state index contributed by atoms with van der Waals surface area (Å²) in [4.78, 5) is 73.0. The van der Waals surface area contributed by atoms with E-state index in [1.54, 1.807) is 48.5 Å². The number of carbonyl (C=O) groups is 5. The molecule has 4 amide bonds. The largest absolute Gasteiger partial charge is 0.507 e. The van der Waals surface area contributed by atoms with Crippen molar-refractivity contribution in [2.45, 2.75) is 30.6 Å². The van der Waals surface area contributed by atoms with Crippen LogP contribution in [0.5, 0.6) is 5.75 Å². The summed E-state index contributed by atoms with van der Waals surface area (Å²) in [6.45, 7) is 3.85. The number of benzene rings is 4. The molecule has 4 aromatic rings. The van der Waals surface area contributed by atoms with E-state index in [2.05, 4.69) is 6.58 Å². The lowest BCUT2D eigenvalue weighted by atomic mass is 9.49. The van der Waals surface area contributed by atoms with Gasteiger partial charge in [-0.25, -0.2) is 9.69 Å². The van der Waals surface area contributed by atoms with E-state index >= 15 is 4.79 Å². The quantitative estimate of drug-likeness (QED) is 0.158. The number of para-hydroxylation sites is 1. The number of amides is 4. The Morgan fingerprint density at radius 2 is 1.56 bits per heavy atom. The molecular formula is C42H33ClN2O7. The van der Waals surface area contributed by atoms with Crippen molar-refractivity contribution in [2.24, 2.45) is 23.7 Å². The number of carboxylic acid groups (broad SMARTS) is 1. The van der Waals surface area contributed by atoms with E-state index in [0.29, 0.717) is 39.4 Å². The van der Waals surface area contributed by atoms with E-state index in [0.717, 1.165) is 4.90 Å². The summed E-state index contributed by atoms with van der Waals surface area (Å²) in [5, 5.41) is 22.0. The summed E-state index contributed by atoms with van der Waals surface area (Å²) in [5.74, 6) is -7.33. The average Bonchev–Trinajstić information content (AvgIpc) is 3.53. The Labute approximate surface area is 304 Å². The lowest BCUT2D eigenvalue weighted by molar-refractivity contribution is -0.127. The van der Waals surface area contributed by atoms with Crippen LogP contribution in [0.15, 0.2) is 121 Å². The molecule has 0 bridgehead atoms. The maximum Gasteiger partial charge on any atom is 0.335 e. The predicted molar refractivity (Wildman–Crippen MR) is 194 cm³/mol. The first-order valence-electron chi connectivity index (χ1n) is 17.1. The number of carbonyl (C=O) groups excluding carboxylic acids is 4. The molecular weight excluding hydrogens is 680 g/mol. The zero-order valence-corrected chi connectivity index (χ0v) is 28.6. The lowest BCUT2D eigenvalue weighted by Gasteiger charge is -2.50. The molecule has 2 saturated heterocycles. The van der Waals surface area contributed by atoms with Crippen LogP contribution in [0.25, 0.3) is 0 Å². The standard InChI is InChI=1S/C42H33ClN2O7/c1-2-9-23-10-7-17-31(36(23)46)35-29-18-19-30-34(39(49)44(37(30)47)27-15-6-11-24(20-27)40(50)51)32(29)22-33-38(48)45(28-16-8-14-26(43)21-28)41(52)42(33,35)25-12-4-3-5-13-25/h2-8,10-18,20-21,30,32-35,46H,1,9,19,22H2,(H,50,51). The number of carboxylic acids is 1. The molecule has 2 heterocycles. The van der Waals surface area contributed by atoms with Gasteiger partial charge in [-0.05, 0) is 72.7 Å². The van der Waals surface area contributed by atoms with Crippen LogP contribution in [0, 0.1) is 23.7 Å². The topological polar surface area (TPSA) is 132 Å². The van der Waals surface area contributed by atoms with Crippen LogP contribution in [-0.4, -0.2) is 39.8 Å². The van der Waals surface area contributed by atoms with E-state index in [-0.39, 0.29) is 29.8 Å². The van der Waals surface area contributed by atoms with Gasteiger partial charge in [0.05, 0.1) is 40.1 Å². The van der Waals surface area contributed by atoms with Gasteiger partial charge in [0.2, 0.25) is 23.6 Å². The lowest BCUT2D eigenvalue weighted by Crippen LogP contribution is -2.53. The Bertz CT molecular complexity index is 2250. The minimum absolute atomic E-state index is 0.0347. The number of fused-ring (bicyclic) bond motifs is 4. The van der Waals surface area contributed by atoms with E-state index < -0.39 is 64.6 Å². The van der Waals surface area contributed by atoms with E-state index in [1.165, 1.54) is 29.2 Å². The van der Waals surface area contributed by atoms with Crippen LogP contribution < -0.4 is 9.80 Å². The van der Waals surface area contributed by atoms with Gasteiger partial charge >= 0.3 is 5.97 Å². The zero-order chi connectivity index (χ0) is 36.5. The van der Waals surface area contributed by atoms with Crippen LogP contribution in [0.3, 0.4) is 0 Å². The van der Waals surface area contributed by atoms with Crippen molar-refractivity contribution in [1.29, 1.82) is 0 Å². The van der Waals surface area contributed by atoms with Crippen LogP contribution >= 0.6 is 11.6 Å². The van der Waals surface area contributed by atoms with Crippen LogP contribution in [0.4, 0.5) is 11.4 Å². The number of hydrogen-bond donors (Lipinski definition) is 2. The van der Waals surface area contributed by atoms with Gasteiger partial charge in [-0.1, -0.05) is 90.0 Å². The molecule has 3 fully saturated rings. The molecule has 10 heteroatoms. The maximum atomic E-state index is 15.4. The molecule has 4 aromatic carbocycles. The number of hydrogen-bond acceptors (Lipinski definition) is 6. The SMILES string of the molecule is C=CCc1cccc(C2C3=CCC4C(=O)N(c5cccc(C(=O)O)c5)C(=O)C4C3CC3C(=O)N(c4cccc(Cl)c4)C(=O)C32c2ccccc2)c1O. The predicted octanol–water partition coefficient (Wildman–Crippen LogP) is 6.84. The molecule has 1 saturated carbocycles. The molecule has 9 nitrogen and oxygen atoms in total. The van der Waals surface area contributed by atoms with Crippen molar-refractivity contribution in [1.82, 2.24) is 0 Å². The van der Waals surface area contributed by atoms with E-state index in [9.17, 15) is 29.4 Å². The highest BCUT2D eigenvalue weighted by Gasteiger charge is 2.70. The van der Waals surface area contributed by atoms with Gasteiger partial charge in [0.1, 0.15) is 5.75 Å². The third kappa shape index (κ3) is 4.72. The summed E-state index contributed by atoms with van der Waals surface area (Å²) in [6.07, 6.45) is 4.19. The third-order valence-electron chi connectivity index (χ3n) is 11.3. The fourth-order valence-electron chi connectivity index (χ4n) is 9.29. The Kier molecular flexibility index (Phi) is 7.99. The third-order valence-corrected chi connectivity index (χ3v) is 11.6. The van der Waals surface area contributed by atoms with Gasteiger partial charge in [0.25, 0.3) is 0 Å². The molecule has 6 atom stereocenters. The fourth-order valence-corrected chi connectivity index (χ4v) is 9.47. The first kappa shape index (κ1) is 33.3. The number of phenolic OH excluding ortho intramolecular Hbond substituents is 1. The Morgan fingerprint density at radius 1 is 0.846 bits per heavy atom. The molecule has 6 unspecified atom stereocenters. The molecule has 0 aromatic heterocycles. The molecule has 52 heavy (non-hydrogen) atoms. The number of aromatic carboxylic acids is 1. The number of aromatic hydroxyl groups is 1. The Balaban J connectivity index is 1.36. The number of phenols is 1. The molecule has 8 rings (SSSR count). The molecule has 4 aliphatic rings. The summed E-state index contributed by atoms with van der Waals surface area (Å²) in [5.41, 5.74) is 1.16. The number of imide groups is 2. The number of allylic oxidation sites excluding steroid dienone is 3. The zero-order valence-electron chi connectivity index (χ0n) is 27.8. The van der Waals surface area contributed by atoms with Crippen LogP contribution in [0.2, 0.25) is 5.02 Å². The summed E-state index contributed by atoms with van der Waals surface area (Å²) in [7, 11) is 0. The minimum Gasteiger partial charge on any atom is -0.507 e. The van der Waals surface area contributed by atoms with Gasteiger partial charge in [-0.15, -0.1) is 6.58 Å². The first-order chi connectivity index (χ1) is 25.1. The second kappa shape index (κ2) is 12.5. The van der Waals surface area contributed by atoms with Crippen LogP contribution in [-0.2, 0) is 31.0 Å². The highest BCUT2D eigenvalue weighted by atomic mass is 35.5. The van der Waals surface area contributed by atoms with E-state index in [1.807, 2.05) is 36.4 Å². The van der Waals surface area contributed by atoms with Gasteiger partial charge in [-0.2, -0.15) is 0 Å². The average molecular weight is 713 g/mol. The van der Waals surface area contributed by atoms with E-state index in [4.69, 9.17) is 11.6 Å². The van der Waals surface area contributed by atoms with Crippen molar-refractivity contribution < 1.29 is 34.2 Å². The highest BCUT2D eigenvalue weighted by Crippen LogP contribution is 2.65. The molecule has 2 aliphatic heterocycles. The van der Waals surface area contributed by atoms with Gasteiger partial charge in [0, 0.05) is 16.5 Å². The van der Waals surface area contributed by atoms with Crippen molar-refractivity contribution >= 4 is 52.6 Å². The molecule has 0 spiro atoms. The normalized spacial score (nSPS) is 26.5. The number of rotatable bonds is 7. The number of anilines is 2. The summed E-state index contributed by atoms with van der Waals surface area (Å²) in [6, 6.07) is 26.7. The number of halogens is 1. The Hall–Kier alpha value is -5.80. The molecule has 2 aliphatic carbocycles. The fraction of sp³-hybridized carbons (Fsp3) is 0.214. The van der Waals surface area contributed by atoms with Crippen molar-refractivity contribution in [3.8, 4) is 5.75 Å². The van der Waals surface area contributed by atoms with Crippen molar-refractivity contribution in [2.75, 3.05) is 9.80 Å². The monoisotopic (exact) mass is 712 g/mol. The summed E-state index contributed by atoms with van der Waals surface area (Å²) < 4.78 is 0. The minimum atomic E-state index is -1.54. The van der Waals surface area contributed by atoms with Gasteiger partial charge in [-0.3, -0.25) is 24.1 Å². The second-order valence-electron chi connectivity index (χ2n) is 13.8. The molecule has 0 radical (unpaired) electrons.